The molecule has 0 spiro atoms. The predicted molar refractivity (Wildman–Crippen MR) is 95.9 cm³/mol. The molecule has 0 aliphatic rings. The molecule has 114 valence electrons. The minimum Gasteiger partial charge on any atom is -0.266 e. The Labute approximate surface area is 139 Å². The summed E-state index contributed by atoms with van der Waals surface area (Å²) in [5, 5.41) is 6.05. The van der Waals surface area contributed by atoms with Gasteiger partial charge in [0.1, 0.15) is 0 Å². The van der Waals surface area contributed by atoms with Gasteiger partial charge in [-0.25, -0.2) is 5.43 Å². The number of benzene rings is 2. The van der Waals surface area contributed by atoms with Gasteiger partial charge >= 0.3 is 0 Å². The molecular weight excluding hydrogens is 304 g/mol. The van der Waals surface area contributed by atoms with Gasteiger partial charge in [0, 0.05) is 0 Å². The molecular formula is C19H16N2OS. The molecule has 3 nitrogen and oxygen atoms in total. The van der Waals surface area contributed by atoms with Gasteiger partial charge in [-0.2, -0.15) is 5.10 Å². The number of nitrogens with one attached hydrogen (secondary N) is 1. The lowest BCUT2D eigenvalue weighted by molar-refractivity contribution is 0.0959. The van der Waals surface area contributed by atoms with Crippen molar-refractivity contribution in [1.29, 1.82) is 0 Å². The number of carbonyl (C=O) groups is 1. The van der Waals surface area contributed by atoms with Gasteiger partial charge in [-0.1, -0.05) is 60.7 Å². The van der Waals surface area contributed by atoms with E-state index in [1.165, 1.54) is 16.9 Å². The van der Waals surface area contributed by atoms with E-state index < -0.39 is 0 Å². The number of hydrogen-bond acceptors (Lipinski definition) is 3. The van der Waals surface area contributed by atoms with E-state index in [-0.39, 0.29) is 5.91 Å². The van der Waals surface area contributed by atoms with Crippen molar-refractivity contribution in [1.82, 2.24) is 5.43 Å². The van der Waals surface area contributed by atoms with Gasteiger partial charge < -0.3 is 0 Å². The third kappa shape index (κ3) is 3.73. The summed E-state index contributed by atoms with van der Waals surface area (Å²) in [6.45, 7) is 1.88. The molecule has 23 heavy (non-hydrogen) atoms. The fourth-order valence-electron chi connectivity index (χ4n) is 2.20. The maximum Gasteiger partial charge on any atom is 0.281 e. The lowest BCUT2D eigenvalue weighted by atomic mass is 10.0. The second-order valence-electron chi connectivity index (χ2n) is 5.06. The van der Waals surface area contributed by atoms with Gasteiger partial charge in [-0.15, -0.1) is 11.3 Å². The van der Waals surface area contributed by atoms with Crippen LogP contribution < -0.4 is 5.43 Å². The van der Waals surface area contributed by atoms with Gasteiger partial charge in [0.2, 0.25) is 0 Å². The second kappa shape index (κ2) is 7.03. The normalized spacial score (nSPS) is 11.3. The monoisotopic (exact) mass is 320 g/mol. The van der Waals surface area contributed by atoms with Crippen LogP contribution in [0.4, 0.5) is 0 Å². The molecule has 0 aliphatic heterocycles. The fourth-order valence-corrected chi connectivity index (χ4v) is 2.81. The Kier molecular flexibility index (Phi) is 4.64. The first-order valence-electron chi connectivity index (χ1n) is 7.28. The van der Waals surface area contributed by atoms with Crippen LogP contribution in [0.2, 0.25) is 0 Å². The Morgan fingerprint density at radius 3 is 2.26 bits per heavy atom. The fraction of sp³-hybridized carbons (Fsp3) is 0.0526. The molecule has 0 radical (unpaired) electrons. The minimum atomic E-state index is -0.180. The largest absolute Gasteiger partial charge is 0.281 e. The van der Waals surface area contributed by atoms with Crippen molar-refractivity contribution in [2.45, 2.75) is 6.92 Å². The average Bonchev–Trinajstić information content (AvgIpc) is 3.15. The molecule has 1 heterocycles. The Morgan fingerprint density at radius 1 is 0.913 bits per heavy atom. The molecule has 0 atom stereocenters. The third-order valence-corrected chi connectivity index (χ3v) is 4.35. The third-order valence-electron chi connectivity index (χ3n) is 3.48. The van der Waals surface area contributed by atoms with Gasteiger partial charge in [-0.3, -0.25) is 4.79 Å². The van der Waals surface area contributed by atoms with Crippen molar-refractivity contribution >= 4 is 23.0 Å². The summed E-state index contributed by atoms with van der Waals surface area (Å²) in [6.07, 6.45) is 0. The number of hydrogen-bond donors (Lipinski definition) is 1. The molecule has 0 bridgehead atoms. The quantitative estimate of drug-likeness (QED) is 0.555. The van der Waals surface area contributed by atoms with Crippen LogP contribution in [-0.4, -0.2) is 11.6 Å². The molecule has 4 heteroatoms. The maximum absolute atomic E-state index is 11.9. The van der Waals surface area contributed by atoms with Gasteiger partial charge in [0.05, 0.1) is 10.6 Å². The first-order valence-corrected chi connectivity index (χ1v) is 8.16. The Balaban J connectivity index is 1.71. The van der Waals surface area contributed by atoms with E-state index in [1.807, 2.05) is 48.7 Å². The van der Waals surface area contributed by atoms with E-state index >= 15 is 0 Å². The highest BCUT2D eigenvalue weighted by molar-refractivity contribution is 7.12. The van der Waals surface area contributed by atoms with Crippen molar-refractivity contribution in [3.63, 3.8) is 0 Å². The molecule has 1 amide bonds. The molecule has 0 aliphatic carbocycles. The summed E-state index contributed by atoms with van der Waals surface area (Å²) >= 11 is 1.40. The van der Waals surface area contributed by atoms with Crippen LogP contribution in [0.15, 0.2) is 77.2 Å². The first-order chi connectivity index (χ1) is 11.2. The van der Waals surface area contributed by atoms with Crippen molar-refractivity contribution in [2.75, 3.05) is 0 Å². The molecule has 0 unspecified atom stereocenters. The predicted octanol–water partition coefficient (Wildman–Crippen LogP) is 4.57. The van der Waals surface area contributed by atoms with Crippen LogP contribution in [0.5, 0.6) is 0 Å². The Bertz CT molecular complexity index is 806. The Hall–Kier alpha value is -2.72. The van der Waals surface area contributed by atoms with E-state index in [0.29, 0.717) is 4.88 Å². The first kappa shape index (κ1) is 15.2. The van der Waals surface area contributed by atoms with Crippen LogP contribution in [0.1, 0.15) is 22.2 Å². The van der Waals surface area contributed by atoms with Crippen LogP contribution in [0.3, 0.4) is 0 Å². The zero-order chi connectivity index (χ0) is 16.1. The van der Waals surface area contributed by atoms with Crippen molar-refractivity contribution in [3.05, 3.63) is 82.6 Å². The van der Waals surface area contributed by atoms with E-state index in [0.717, 1.165) is 16.8 Å². The standard InChI is InChI=1S/C19H16N2OS/c1-14(20-21-19(22)18-8-5-13-23-18)15-9-11-17(12-10-15)16-6-3-2-4-7-16/h2-13H,1H3,(H,21,22)/b20-14+. The summed E-state index contributed by atoms with van der Waals surface area (Å²) in [7, 11) is 0. The SMILES string of the molecule is C/C(=N\NC(=O)c1cccs1)c1ccc(-c2ccccc2)cc1. The van der Waals surface area contributed by atoms with E-state index in [9.17, 15) is 4.79 Å². The average molecular weight is 320 g/mol. The van der Waals surface area contributed by atoms with Gasteiger partial charge in [0.25, 0.3) is 5.91 Å². The zero-order valence-corrected chi connectivity index (χ0v) is 13.5. The van der Waals surface area contributed by atoms with Crippen molar-refractivity contribution < 1.29 is 4.79 Å². The highest BCUT2D eigenvalue weighted by atomic mass is 32.1. The molecule has 1 aromatic heterocycles. The lowest BCUT2D eigenvalue weighted by Crippen LogP contribution is -2.18. The van der Waals surface area contributed by atoms with Crippen LogP contribution >= 0.6 is 11.3 Å². The topological polar surface area (TPSA) is 41.5 Å². The molecule has 0 saturated carbocycles. The highest BCUT2D eigenvalue weighted by Gasteiger charge is 2.05. The number of rotatable bonds is 4. The van der Waals surface area contributed by atoms with Crippen molar-refractivity contribution in [3.8, 4) is 11.1 Å². The van der Waals surface area contributed by atoms with Crippen molar-refractivity contribution in [2.24, 2.45) is 5.10 Å². The Morgan fingerprint density at radius 2 is 1.61 bits per heavy atom. The molecule has 3 aromatic rings. The summed E-state index contributed by atoms with van der Waals surface area (Å²) in [5.74, 6) is -0.180. The highest BCUT2D eigenvalue weighted by Crippen LogP contribution is 2.19. The van der Waals surface area contributed by atoms with Crippen LogP contribution in [0, 0.1) is 0 Å². The minimum absolute atomic E-state index is 0.180. The van der Waals surface area contributed by atoms with E-state index in [1.54, 1.807) is 6.07 Å². The van der Waals surface area contributed by atoms with Gasteiger partial charge in [-0.05, 0) is 35.1 Å². The van der Waals surface area contributed by atoms with E-state index in [2.05, 4.69) is 34.8 Å². The maximum atomic E-state index is 11.9. The molecule has 1 N–H and O–H groups in total. The second-order valence-corrected chi connectivity index (χ2v) is 6.01. The number of nitrogens with zero attached hydrogens (tertiary/aromatic N) is 1. The summed E-state index contributed by atoms with van der Waals surface area (Å²) < 4.78 is 0. The van der Waals surface area contributed by atoms with E-state index in [4.69, 9.17) is 0 Å². The molecule has 0 saturated heterocycles. The number of thiophene rings is 1. The lowest BCUT2D eigenvalue weighted by Gasteiger charge is -2.05. The summed E-state index contributed by atoms with van der Waals surface area (Å²) in [6, 6.07) is 22.0. The van der Waals surface area contributed by atoms with Gasteiger partial charge in [0.15, 0.2) is 0 Å². The molecule has 0 fully saturated rings. The molecule has 3 rings (SSSR count). The summed E-state index contributed by atoms with van der Waals surface area (Å²) in [4.78, 5) is 12.5. The summed E-state index contributed by atoms with van der Waals surface area (Å²) in [5.41, 5.74) is 6.68. The number of amides is 1. The van der Waals surface area contributed by atoms with Crippen LogP contribution in [0.25, 0.3) is 11.1 Å². The zero-order valence-electron chi connectivity index (χ0n) is 12.7. The molecule has 2 aromatic carbocycles. The smallest absolute Gasteiger partial charge is 0.266 e. The number of carbonyl (C=O) groups excluding carboxylic acids is 1. The number of hydrazone groups is 1. The van der Waals surface area contributed by atoms with Crippen LogP contribution in [-0.2, 0) is 0 Å².